The van der Waals surface area contributed by atoms with Gasteiger partial charge in [0.1, 0.15) is 0 Å². The molecule has 1 heterocycles. The van der Waals surface area contributed by atoms with Gasteiger partial charge in [-0.25, -0.2) is 8.42 Å². The Kier molecular flexibility index (Phi) is 5.67. The van der Waals surface area contributed by atoms with E-state index >= 15 is 0 Å². The minimum absolute atomic E-state index is 0.0550. The fourth-order valence-corrected chi connectivity index (χ4v) is 4.55. The van der Waals surface area contributed by atoms with Crippen LogP contribution in [0.1, 0.15) is 37.6 Å². The normalized spacial score (nSPS) is 21.5. The summed E-state index contributed by atoms with van der Waals surface area (Å²) in [4.78, 5) is 14.6. The van der Waals surface area contributed by atoms with Crippen molar-refractivity contribution in [2.24, 2.45) is 11.1 Å². The number of nitrogens with zero attached hydrogens (tertiary/aromatic N) is 2. The van der Waals surface area contributed by atoms with Gasteiger partial charge in [0.15, 0.2) is 0 Å². The predicted molar refractivity (Wildman–Crippen MR) is 94.2 cm³/mol. The molecule has 0 bridgehead atoms. The molecule has 0 saturated carbocycles. The summed E-state index contributed by atoms with van der Waals surface area (Å²) in [6, 6.07) is 6.32. The van der Waals surface area contributed by atoms with Crippen LogP contribution in [0.5, 0.6) is 0 Å². The molecule has 6 nitrogen and oxygen atoms in total. The maximum atomic E-state index is 12.7. The van der Waals surface area contributed by atoms with E-state index in [0.29, 0.717) is 38.3 Å². The van der Waals surface area contributed by atoms with Gasteiger partial charge in [-0.05, 0) is 36.6 Å². The third kappa shape index (κ3) is 3.63. The molecule has 24 heavy (non-hydrogen) atoms. The average molecular weight is 353 g/mol. The van der Waals surface area contributed by atoms with Gasteiger partial charge < -0.3 is 10.6 Å². The molecule has 1 aliphatic rings. The molecule has 0 radical (unpaired) electrons. The van der Waals surface area contributed by atoms with Gasteiger partial charge in [-0.1, -0.05) is 26.8 Å². The Labute approximate surface area is 144 Å². The van der Waals surface area contributed by atoms with Crippen molar-refractivity contribution in [2.45, 2.75) is 32.1 Å². The number of amides is 1. The number of hydrogen-bond donors (Lipinski definition) is 1. The number of likely N-dealkylation sites (tertiary alicyclic amines) is 1. The highest BCUT2D eigenvalue weighted by Gasteiger charge is 2.35. The third-order valence-electron chi connectivity index (χ3n) is 4.76. The molecule has 7 heteroatoms. The van der Waals surface area contributed by atoms with Gasteiger partial charge in [0, 0.05) is 31.7 Å². The summed E-state index contributed by atoms with van der Waals surface area (Å²) in [7, 11) is -3.57. The lowest BCUT2D eigenvalue weighted by Gasteiger charge is -2.23. The number of benzene rings is 1. The summed E-state index contributed by atoms with van der Waals surface area (Å²) in [5.41, 5.74) is 6.14. The molecule has 1 unspecified atom stereocenters. The quantitative estimate of drug-likeness (QED) is 0.840. The monoisotopic (exact) mass is 353 g/mol. The molecule has 1 saturated heterocycles. The van der Waals surface area contributed by atoms with Crippen LogP contribution in [-0.2, 0) is 10.0 Å². The van der Waals surface area contributed by atoms with Crippen molar-refractivity contribution in [3.05, 3.63) is 29.8 Å². The number of hydrogen-bond acceptors (Lipinski definition) is 4. The summed E-state index contributed by atoms with van der Waals surface area (Å²) in [6.07, 6.45) is 0.868. The minimum atomic E-state index is -3.57. The van der Waals surface area contributed by atoms with Crippen molar-refractivity contribution in [1.29, 1.82) is 0 Å². The van der Waals surface area contributed by atoms with Crippen molar-refractivity contribution in [3.8, 4) is 0 Å². The van der Waals surface area contributed by atoms with Crippen LogP contribution < -0.4 is 5.73 Å². The van der Waals surface area contributed by atoms with Crippen LogP contribution in [0.25, 0.3) is 0 Å². The van der Waals surface area contributed by atoms with Crippen molar-refractivity contribution < 1.29 is 13.2 Å². The molecule has 1 atom stereocenters. The van der Waals surface area contributed by atoms with Crippen LogP contribution in [0, 0.1) is 5.41 Å². The number of carbonyl (C=O) groups excluding carboxylic acids is 1. The minimum Gasteiger partial charge on any atom is -0.338 e. The molecule has 0 spiro atoms. The standard InChI is InChI=1S/C17H27N3O3S/c1-4-20(5-2)24(22,23)15-8-6-7-14(11-15)16(21)19-10-9-17(3,12-18)13-19/h6-8,11H,4-5,9-10,12-13,18H2,1-3H3. The van der Waals surface area contributed by atoms with Crippen LogP contribution in [-0.4, -0.2) is 56.3 Å². The van der Waals surface area contributed by atoms with Crippen LogP contribution in [0.3, 0.4) is 0 Å². The van der Waals surface area contributed by atoms with E-state index in [1.54, 1.807) is 36.9 Å². The third-order valence-corrected chi connectivity index (χ3v) is 6.81. The molecule has 134 valence electrons. The molecule has 2 N–H and O–H groups in total. The zero-order valence-electron chi connectivity index (χ0n) is 14.7. The van der Waals surface area contributed by atoms with Crippen molar-refractivity contribution in [1.82, 2.24) is 9.21 Å². The smallest absolute Gasteiger partial charge is 0.253 e. The molecule has 1 aromatic rings. The molecule has 2 rings (SSSR count). The Morgan fingerprint density at radius 1 is 1.33 bits per heavy atom. The van der Waals surface area contributed by atoms with Gasteiger partial charge in [-0.15, -0.1) is 0 Å². The first-order valence-corrected chi connectivity index (χ1v) is 9.81. The van der Waals surface area contributed by atoms with Crippen molar-refractivity contribution in [3.63, 3.8) is 0 Å². The van der Waals surface area contributed by atoms with Crippen molar-refractivity contribution in [2.75, 3.05) is 32.7 Å². The lowest BCUT2D eigenvalue weighted by molar-refractivity contribution is 0.0776. The fraction of sp³-hybridized carbons (Fsp3) is 0.588. The summed E-state index contributed by atoms with van der Waals surface area (Å²) >= 11 is 0. The Morgan fingerprint density at radius 2 is 2.00 bits per heavy atom. The lowest BCUT2D eigenvalue weighted by atomic mass is 9.90. The van der Waals surface area contributed by atoms with E-state index in [4.69, 9.17) is 5.73 Å². The van der Waals surface area contributed by atoms with E-state index in [9.17, 15) is 13.2 Å². The number of nitrogens with two attached hydrogens (primary N) is 1. The second-order valence-corrected chi connectivity index (χ2v) is 8.55. The van der Waals surface area contributed by atoms with Gasteiger partial charge in [0.25, 0.3) is 5.91 Å². The SMILES string of the molecule is CCN(CC)S(=O)(=O)c1cccc(C(=O)N2CCC(C)(CN)C2)c1. The van der Waals surface area contributed by atoms with Crippen LogP contribution in [0.2, 0.25) is 0 Å². The molecule has 1 fully saturated rings. The number of rotatable bonds is 6. The highest BCUT2D eigenvalue weighted by Crippen LogP contribution is 2.29. The molecule has 0 aliphatic carbocycles. The molecular formula is C17H27N3O3S. The molecule has 1 aromatic carbocycles. The Morgan fingerprint density at radius 3 is 2.54 bits per heavy atom. The van der Waals surface area contributed by atoms with E-state index in [-0.39, 0.29) is 16.2 Å². The molecular weight excluding hydrogens is 326 g/mol. The largest absolute Gasteiger partial charge is 0.338 e. The Hall–Kier alpha value is -1.44. The van der Waals surface area contributed by atoms with Gasteiger partial charge in [-0.2, -0.15) is 4.31 Å². The van der Waals surface area contributed by atoms with E-state index in [1.807, 2.05) is 0 Å². The highest BCUT2D eigenvalue weighted by molar-refractivity contribution is 7.89. The molecule has 0 aromatic heterocycles. The predicted octanol–water partition coefficient (Wildman–Crippen LogP) is 1.53. The first-order valence-electron chi connectivity index (χ1n) is 8.37. The first kappa shape index (κ1) is 18.9. The Bertz CT molecular complexity index is 701. The van der Waals surface area contributed by atoms with Gasteiger partial charge >= 0.3 is 0 Å². The summed E-state index contributed by atoms with van der Waals surface area (Å²) in [5.74, 6) is -0.135. The summed E-state index contributed by atoms with van der Waals surface area (Å²) < 4.78 is 26.6. The first-order chi connectivity index (χ1) is 11.3. The molecule has 1 amide bonds. The Balaban J connectivity index is 2.27. The van der Waals surface area contributed by atoms with Crippen molar-refractivity contribution >= 4 is 15.9 Å². The average Bonchev–Trinajstić information content (AvgIpc) is 2.98. The van der Waals surface area contributed by atoms with Crippen LogP contribution in [0.15, 0.2) is 29.2 Å². The number of sulfonamides is 1. The summed E-state index contributed by atoms with van der Waals surface area (Å²) in [5, 5.41) is 0. The van der Waals surface area contributed by atoms with E-state index in [0.717, 1.165) is 6.42 Å². The van der Waals surface area contributed by atoms with Crippen LogP contribution in [0.4, 0.5) is 0 Å². The van der Waals surface area contributed by atoms with Crippen LogP contribution >= 0.6 is 0 Å². The lowest BCUT2D eigenvalue weighted by Crippen LogP contribution is -2.34. The zero-order chi connectivity index (χ0) is 18.0. The molecule has 1 aliphatic heterocycles. The summed E-state index contributed by atoms with van der Waals surface area (Å²) in [6.45, 7) is 8.27. The second kappa shape index (κ2) is 7.21. The van der Waals surface area contributed by atoms with E-state index in [2.05, 4.69) is 6.92 Å². The van der Waals surface area contributed by atoms with Gasteiger partial charge in [-0.3, -0.25) is 4.79 Å². The topological polar surface area (TPSA) is 83.7 Å². The van der Waals surface area contributed by atoms with E-state index in [1.165, 1.54) is 10.4 Å². The number of carbonyl (C=O) groups is 1. The van der Waals surface area contributed by atoms with Gasteiger partial charge in [0.2, 0.25) is 10.0 Å². The fourth-order valence-electron chi connectivity index (χ4n) is 3.05. The maximum absolute atomic E-state index is 12.7. The van der Waals surface area contributed by atoms with E-state index < -0.39 is 10.0 Å². The van der Waals surface area contributed by atoms with Gasteiger partial charge in [0.05, 0.1) is 4.90 Å². The maximum Gasteiger partial charge on any atom is 0.253 e. The zero-order valence-corrected chi connectivity index (χ0v) is 15.5. The highest BCUT2D eigenvalue weighted by atomic mass is 32.2. The second-order valence-electron chi connectivity index (χ2n) is 6.61.